The Morgan fingerprint density at radius 3 is 2.86 bits per heavy atom. The summed E-state index contributed by atoms with van der Waals surface area (Å²) in [7, 11) is 0. The number of rotatable bonds is 6. The van der Waals surface area contributed by atoms with Crippen LogP contribution in [0.4, 0.5) is 0 Å². The van der Waals surface area contributed by atoms with E-state index in [1.165, 1.54) is 10.9 Å². The maximum atomic E-state index is 12.0. The van der Waals surface area contributed by atoms with Crippen LogP contribution in [0, 0.1) is 0 Å². The number of carbonyl (C=O) groups is 1. The molecule has 1 saturated carbocycles. The van der Waals surface area contributed by atoms with Gasteiger partial charge in [0.15, 0.2) is 0 Å². The maximum absolute atomic E-state index is 12.0. The van der Waals surface area contributed by atoms with Crippen LogP contribution in [0.3, 0.4) is 0 Å². The first kappa shape index (κ1) is 14.1. The number of hydrogen-bond donors (Lipinski definition) is 2. The Labute approximate surface area is 125 Å². The highest BCUT2D eigenvalue weighted by Crippen LogP contribution is 2.21. The fraction of sp³-hybridized carbons (Fsp3) is 0.471. The predicted octanol–water partition coefficient (Wildman–Crippen LogP) is 2.42. The van der Waals surface area contributed by atoms with Gasteiger partial charge in [-0.2, -0.15) is 0 Å². The molecule has 2 N–H and O–H groups in total. The molecule has 4 heteroatoms. The summed E-state index contributed by atoms with van der Waals surface area (Å²) < 4.78 is 2.03. The van der Waals surface area contributed by atoms with E-state index in [0.29, 0.717) is 18.6 Å². The van der Waals surface area contributed by atoms with Gasteiger partial charge >= 0.3 is 0 Å². The number of fused-ring (bicyclic) bond motifs is 1. The number of nitrogens with one attached hydrogen (secondary N) is 2. The van der Waals surface area contributed by atoms with Crippen LogP contribution in [-0.4, -0.2) is 22.6 Å². The average Bonchev–Trinajstić information content (AvgIpc) is 3.16. The van der Waals surface area contributed by atoms with Crippen molar-refractivity contribution in [2.45, 2.75) is 51.9 Å². The van der Waals surface area contributed by atoms with Crippen LogP contribution in [-0.2, 0) is 17.9 Å². The Hall–Kier alpha value is -1.81. The van der Waals surface area contributed by atoms with Crippen molar-refractivity contribution in [3.05, 3.63) is 36.0 Å². The summed E-state index contributed by atoms with van der Waals surface area (Å²) in [4.78, 5) is 12.0. The summed E-state index contributed by atoms with van der Waals surface area (Å²) in [5.41, 5.74) is 2.41. The third-order valence-electron chi connectivity index (χ3n) is 3.86. The monoisotopic (exact) mass is 285 g/mol. The normalized spacial score (nSPS) is 14.8. The average molecular weight is 285 g/mol. The number of carbonyl (C=O) groups excluding carboxylic acids is 1. The minimum Gasteiger partial charge on any atom is -0.352 e. The highest BCUT2D eigenvalue weighted by Gasteiger charge is 2.23. The molecule has 1 aromatic carbocycles. The van der Waals surface area contributed by atoms with Crippen molar-refractivity contribution in [3.63, 3.8) is 0 Å². The summed E-state index contributed by atoms with van der Waals surface area (Å²) in [6.45, 7) is 5.55. The van der Waals surface area contributed by atoms with Crippen LogP contribution >= 0.6 is 0 Å². The van der Waals surface area contributed by atoms with E-state index in [1.807, 2.05) is 10.8 Å². The van der Waals surface area contributed by atoms with E-state index in [4.69, 9.17) is 0 Å². The minimum absolute atomic E-state index is 0.112. The lowest BCUT2D eigenvalue weighted by Crippen LogP contribution is -2.29. The molecular weight excluding hydrogens is 262 g/mol. The number of nitrogens with zero attached hydrogens (tertiary/aromatic N) is 1. The van der Waals surface area contributed by atoms with Crippen LogP contribution in [0.15, 0.2) is 30.5 Å². The lowest BCUT2D eigenvalue weighted by atomic mass is 10.1. The van der Waals surface area contributed by atoms with Crippen LogP contribution in [0.1, 0.15) is 32.3 Å². The molecule has 2 aromatic rings. The van der Waals surface area contributed by atoms with Crippen molar-refractivity contribution in [1.82, 2.24) is 15.2 Å². The van der Waals surface area contributed by atoms with E-state index in [-0.39, 0.29) is 5.91 Å². The minimum atomic E-state index is 0.112. The van der Waals surface area contributed by atoms with Gasteiger partial charge in [-0.1, -0.05) is 26.0 Å². The zero-order valence-corrected chi connectivity index (χ0v) is 12.7. The first-order valence-corrected chi connectivity index (χ1v) is 7.73. The van der Waals surface area contributed by atoms with E-state index in [0.717, 1.165) is 24.9 Å². The molecule has 0 aliphatic heterocycles. The molecule has 0 radical (unpaired) electrons. The number of aromatic nitrogens is 1. The Kier molecular flexibility index (Phi) is 3.97. The van der Waals surface area contributed by atoms with E-state index in [2.05, 4.69) is 48.7 Å². The smallest absolute Gasteiger partial charge is 0.240 e. The molecule has 4 nitrogen and oxygen atoms in total. The Morgan fingerprint density at radius 2 is 2.14 bits per heavy atom. The van der Waals surface area contributed by atoms with E-state index < -0.39 is 0 Å². The molecule has 1 aromatic heterocycles. The molecule has 21 heavy (non-hydrogen) atoms. The third kappa shape index (κ3) is 3.45. The molecule has 0 bridgehead atoms. The van der Waals surface area contributed by atoms with Crippen molar-refractivity contribution in [2.75, 3.05) is 0 Å². The fourth-order valence-corrected chi connectivity index (χ4v) is 2.55. The highest BCUT2D eigenvalue weighted by molar-refractivity contribution is 5.86. The van der Waals surface area contributed by atoms with Crippen LogP contribution in [0.2, 0.25) is 0 Å². The second-order valence-electron chi connectivity index (χ2n) is 6.17. The topological polar surface area (TPSA) is 46.1 Å². The zero-order valence-electron chi connectivity index (χ0n) is 12.7. The Morgan fingerprint density at radius 1 is 1.33 bits per heavy atom. The van der Waals surface area contributed by atoms with Crippen molar-refractivity contribution in [3.8, 4) is 0 Å². The zero-order chi connectivity index (χ0) is 14.8. The molecule has 1 fully saturated rings. The summed E-state index contributed by atoms with van der Waals surface area (Å²) >= 11 is 0. The molecule has 0 saturated heterocycles. The quantitative estimate of drug-likeness (QED) is 0.856. The Balaban J connectivity index is 1.77. The molecular formula is C17H23N3O. The number of amides is 1. The summed E-state index contributed by atoms with van der Waals surface area (Å²) in [5.74, 6) is 0.112. The third-order valence-corrected chi connectivity index (χ3v) is 3.86. The predicted molar refractivity (Wildman–Crippen MR) is 85.1 cm³/mol. The molecule has 3 rings (SSSR count). The standard InChI is InChI=1S/C17H23N3O/c1-12(2)18-10-13-4-3-5-16-15(13)8-9-20(16)11-17(21)19-14-6-7-14/h3-5,8-9,12,14,18H,6-7,10-11H2,1-2H3,(H,19,21). The number of benzene rings is 1. The first-order valence-electron chi connectivity index (χ1n) is 7.73. The SMILES string of the molecule is CC(C)NCc1cccc2c1ccn2CC(=O)NC1CC1. The molecule has 1 aliphatic rings. The molecule has 1 aliphatic carbocycles. The lowest BCUT2D eigenvalue weighted by Gasteiger charge is -2.10. The first-order chi connectivity index (χ1) is 10.1. The van der Waals surface area contributed by atoms with E-state index >= 15 is 0 Å². The van der Waals surface area contributed by atoms with Crippen molar-refractivity contribution in [1.29, 1.82) is 0 Å². The molecule has 1 amide bonds. The lowest BCUT2D eigenvalue weighted by molar-refractivity contribution is -0.121. The van der Waals surface area contributed by atoms with Gasteiger partial charge in [0.1, 0.15) is 6.54 Å². The van der Waals surface area contributed by atoms with Crippen LogP contribution < -0.4 is 10.6 Å². The molecule has 1 heterocycles. The second-order valence-corrected chi connectivity index (χ2v) is 6.17. The van der Waals surface area contributed by atoms with Gasteiger partial charge in [-0.05, 0) is 30.5 Å². The van der Waals surface area contributed by atoms with Crippen molar-refractivity contribution in [2.24, 2.45) is 0 Å². The molecule has 112 valence electrons. The van der Waals surface area contributed by atoms with Gasteiger partial charge in [0.05, 0.1) is 0 Å². The number of hydrogen-bond acceptors (Lipinski definition) is 2. The van der Waals surface area contributed by atoms with Gasteiger partial charge in [-0.15, -0.1) is 0 Å². The van der Waals surface area contributed by atoms with Gasteiger partial charge in [0.25, 0.3) is 0 Å². The molecule has 0 spiro atoms. The maximum Gasteiger partial charge on any atom is 0.240 e. The summed E-state index contributed by atoms with van der Waals surface area (Å²) in [6.07, 6.45) is 4.27. The fourth-order valence-electron chi connectivity index (χ4n) is 2.55. The van der Waals surface area contributed by atoms with Gasteiger partial charge in [-0.25, -0.2) is 0 Å². The van der Waals surface area contributed by atoms with Gasteiger partial charge in [0.2, 0.25) is 5.91 Å². The largest absolute Gasteiger partial charge is 0.352 e. The van der Waals surface area contributed by atoms with Crippen molar-refractivity contribution >= 4 is 16.8 Å². The molecule has 0 unspecified atom stereocenters. The van der Waals surface area contributed by atoms with E-state index in [9.17, 15) is 4.79 Å². The summed E-state index contributed by atoms with van der Waals surface area (Å²) in [5, 5.41) is 7.72. The van der Waals surface area contributed by atoms with Crippen molar-refractivity contribution < 1.29 is 4.79 Å². The Bertz CT molecular complexity index is 641. The van der Waals surface area contributed by atoms with Gasteiger partial charge in [-0.3, -0.25) is 4.79 Å². The van der Waals surface area contributed by atoms with Gasteiger partial charge < -0.3 is 15.2 Å². The van der Waals surface area contributed by atoms with Gasteiger partial charge in [0, 0.05) is 35.7 Å². The van der Waals surface area contributed by atoms with Crippen LogP contribution in [0.5, 0.6) is 0 Å². The van der Waals surface area contributed by atoms with Crippen LogP contribution in [0.25, 0.3) is 10.9 Å². The second kappa shape index (κ2) is 5.90. The molecule has 0 atom stereocenters. The summed E-state index contributed by atoms with van der Waals surface area (Å²) in [6, 6.07) is 9.29. The van der Waals surface area contributed by atoms with E-state index in [1.54, 1.807) is 0 Å². The highest BCUT2D eigenvalue weighted by atomic mass is 16.2.